The Bertz CT molecular complexity index is 1160. The van der Waals surface area contributed by atoms with Crippen LogP contribution < -0.4 is 15.5 Å². The van der Waals surface area contributed by atoms with Gasteiger partial charge in [0.25, 0.3) is 5.91 Å². The molecule has 3 aromatic carbocycles. The van der Waals surface area contributed by atoms with Gasteiger partial charge in [-0.25, -0.2) is 5.43 Å². The lowest BCUT2D eigenvalue weighted by Crippen LogP contribution is -2.32. The van der Waals surface area contributed by atoms with Crippen molar-refractivity contribution in [2.45, 2.75) is 12.5 Å². The van der Waals surface area contributed by atoms with E-state index in [0.29, 0.717) is 15.8 Å². The molecule has 33 heavy (non-hydrogen) atoms. The molecule has 7 nitrogen and oxygen atoms in total. The zero-order valence-corrected chi connectivity index (χ0v) is 19.2. The van der Waals surface area contributed by atoms with E-state index < -0.39 is 6.04 Å². The van der Waals surface area contributed by atoms with Gasteiger partial charge in [-0.15, -0.1) is 0 Å². The first-order chi connectivity index (χ1) is 16.1. The molecule has 0 saturated carbocycles. The molecule has 166 valence electrons. The molecule has 0 spiro atoms. The molecule has 8 heteroatoms. The molecule has 0 aliphatic rings. The summed E-state index contributed by atoms with van der Waals surface area (Å²) in [4.78, 5) is 25.2. The van der Waals surface area contributed by atoms with Crippen molar-refractivity contribution in [1.29, 1.82) is 5.26 Å². The van der Waals surface area contributed by atoms with Crippen LogP contribution in [-0.2, 0) is 4.79 Å². The molecule has 0 aromatic heterocycles. The van der Waals surface area contributed by atoms with Crippen LogP contribution in [0.5, 0.6) is 5.75 Å². The van der Waals surface area contributed by atoms with E-state index in [9.17, 15) is 9.59 Å². The minimum absolute atomic E-state index is 0.0184. The fourth-order valence-electron chi connectivity index (χ4n) is 3.00. The van der Waals surface area contributed by atoms with Gasteiger partial charge in [0.2, 0.25) is 5.91 Å². The van der Waals surface area contributed by atoms with Gasteiger partial charge in [0.15, 0.2) is 6.61 Å². The predicted molar refractivity (Wildman–Crippen MR) is 129 cm³/mol. The lowest BCUT2D eigenvalue weighted by molar-refractivity contribution is -0.121. The largest absolute Gasteiger partial charge is 0.478 e. The van der Waals surface area contributed by atoms with Crippen molar-refractivity contribution in [3.63, 3.8) is 0 Å². The minimum atomic E-state index is -0.514. The van der Waals surface area contributed by atoms with Gasteiger partial charge in [0.1, 0.15) is 11.8 Å². The van der Waals surface area contributed by atoms with Crippen LogP contribution in [0.3, 0.4) is 0 Å². The van der Waals surface area contributed by atoms with Gasteiger partial charge in [-0.05, 0) is 57.4 Å². The van der Waals surface area contributed by atoms with E-state index in [1.54, 1.807) is 42.5 Å². The quantitative estimate of drug-likeness (QED) is 0.333. The van der Waals surface area contributed by atoms with Gasteiger partial charge in [0, 0.05) is 5.56 Å². The standard InChI is InChI=1S/C25H21BrN4O3/c26-21-15-18(11-12-23(21)33-14-13-27)17-28-30-24(31)16-22(19-7-3-1-4-8-19)29-25(32)20-9-5-2-6-10-20/h1-12,15,17,22H,14,16H2,(H,29,32)(H,30,31)/b28-17-/t22-/m0/s1. The average Bonchev–Trinajstić information content (AvgIpc) is 2.84. The van der Waals surface area contributed by atoms with Gasteiger partial charge >= 0.3 is 0 Å². The van der Waals surface area contributed by atoms with Crippen LogP contribution in [0.1, 0.15) is 33.9 Å². The summed E-state index contributed by atoms with van der Waals surface area (Å²) in [6.07, 6.45) is 1.52. The Morgan fingerprint density at radius 3 is 2.42 bits per heavy atom. The van der Waals surface area contributed by atoms with E-state index in [1.165, 1.54) is 6.21 Å². The maximum Gasteiger partial charge on any atom is 0.251 e. The van der Waals surface area contributed by atoms with Gasteiger partial charge in [-0.2, -0.15) is 10.4 Å². The van der Waals surface area contributed by atoms with Crippen molar-refractivity contribution in [3.8, 4) is 11.8 Å². The summed E-state index contributed by atoms with van der Waals surface area (Å²) in [5.41, 5.74) is 4.56. The van der Waals surface area contributed by atoms with Crippen LogP contribution in [0.25, 0.3) is 0 Å². The highest BCUT2D eigenvalue weighted by Crippen LogP contribution is 2.25. The Morgan fingerprint density at radius 2 is 1.76 bits per heavy atom. The lowest BCUT2D eigenvalue weighted by atomic mass is 10.0. The summed E-state index contributed by atoms with van der Waals surface area (Å²) in [6, 6.07) is 24.8. The molecule has 3 rings (SSSR count). The monoisotopic (exact) mass is 504 g/mol. The smallest absolute Gasteiger partial charge is 0.251 e. The van der Waals surface area contributed by atoms with Gasteiger partial charge in [-0.3, -0.25) is 9.59 Å². The van der Waals surface area contributed by atoms with Crippen molar-refractivity contribution in [3.05, 3.63) is 100 Å². The molecule has 0 aliphatic heterocycles. The van der Waals surface area contributed by atoms with E-state index in [0.717, 1.165) is 11.1 Å². The summed E-state index contributed by atoms with van der Waals surface area (Å²) in [5, 5.41) is 15.5. The molecule has 0 radical (unpaired) electrons. The molecule has 3 aromatic rings. The Morgan fingerprint density at radius 1 is 1.06 bits per heavy atom. The second-order valence-corrected chi connectivity index (χ2v) is 7.79. The topological polar surface area (TPSA) is 104 Å². The molecule has 2 N–H and O–H groups in total. The Balaban J connectivity index is 1.63. The summed E-state index contributed by atoms with van der Waals surface area (Å²) in [6.45, 7) is -0.0501. The third-order valence-electron chi connectivity index (χ3n) is 4.58. The van der Waals surface area contributed by atoms with Crippen LogP contribution in [-0.4, -0.2) is 24.6 Å². The van der Waals surface area contributed by atoms with E-state index in [2.05, 4.69) is 31.8 Å². The van der Waals surface area contributed by atoms with Crippen LogP contribution in [0.4, 0.5) is 0 Å². The first kappa shape index (κ1) is 23.7. The molecule has 1 atom stereocenters. The maximum atomic E-state index is 12.6. The van der Waals surface area contributed by atoms with Crippen molar-refractivity contribution in [2.75, 3.05) is 6.61 Å². The Kier molecular flexibility index (Phi) is 8.74. The highest BCUT2D eigenvalue weighted by atomic mass is 79.9. The fourth-order valence-corrected chi connectivity index (χ4v) is 3.51. The second kappa shape index (κ2) is 12.2. The first-order valence-corrected chi connectivity index (χ1v) is 10.9. The van der Waals surface area contributed by atoms with E-state index in [-0.39, 0.29) is 24.8 Å². The molecule has 0 bridgehead atoms. The van der Waals surface area contributed by atoms with Crippen LogP contribution in [0.2, 0.25) is 0 Å². The molecular weight excluding hydrogens is 484 g/mol. The van der Waals surface area contributed by atoms with Crippen molar-refractivity contribution >= 4 is 34.0 Å². The number of hydrogen-bond donors (Lipinski definition) is 2. The number of halogens is 1. The molecule has 0 heterocycles. The number of carbonyl (C=O) groups is 2. The molecule has 0 aliphatic carbocycles. The number of rotatable bonds is 9. The maximum absolute atomic E-state index is 12.6. The van der Waals surface area contributed by atoms with Gasteiger partial charge in [-0.1, -0.05) is 48.5 Å². The van der Waals surface area contributed by atoms with Gasteiger partial charge < -0.3 is 10.1 Å². The molecule has 0 unspecified atom stereocenters. The highest BCUT2D eigenvalue weighted by molar-refractivity contribution is 9.10. The SMILES string of the molecule is N#CCOc1ccc(/C=N\NC(=O)C[C@H](NC(=O)c2ccccc2)c2ccccc2)cc1Br. The van der Waals surface area contributed by atoms with E-state index in [1.807, 2.05) is 42.5 Å². The number of hydrogen-bond acceptors (Lipinski definition) is 5. The number of ether oxygens (including phenoxy) is 1. The fraction of sp³-hybridized carbons (Fsp3) is 0.120. The van der Waals surface area contributed by atoms with Crippen LogP contribution >= 0.6 is 15.9 Å². The Hall–Kier alpha value is -3.96. The molecule has 0 saturated heterocycles. The number of nitriles is 1. The Labute approximate surface area is 200 Å². The highest BCUT2D eigenvalue weighted by Gasteiger charge is 2.19. The average molecular weight is 505 g/mol. The lowest BCUT2D eigenvalue weighted by Gasteiger charge is -2.18. The third kappa shape index (κ3) is 7.30. The first-order valence-electron chi connectivity index (χ1n) is 10.1. The third-order valence-corrected chi connectivity index (χ3v) is 5.20. The molecule has 2 amide bonds. The predicted octanol–water partition coefficient (Wildman–Crippen LogP) is 4.36. The summed E-state index contributed by atoms with van der Waals surface area (Å²) in [5.74, 6) is -0.0663. The van der Waals surface area contributed by atoms with Crippen LogP contribution in [0, 0.1) is 11.3 Å². The summed E-state index contributed by atoms with van der Waals surface area (Å²) >= 11 is 3.38. The normalized spacial score (nSPS) is 11.4. The van der Waals surface area contributed by atoms with Crippen molar-refractivity contribution < 1.29 is 14.3 Å². The van der Waals surface area contributed by atoms with Crippen molar-refractivity contribution in [1.82, 2.24) is 10.7 Å². The minimum Gasteiger partial charge on any atom is -0.478 e. The number of carbonyl (C=O) groups excluding carboxylic acids is 2. The number of benzene rings is 3. The van der Waals surface area contributed by atoms with E-state index in [4.69, 9.17) is 10.00 Å². The van der Waals surface area contributed by atoms with Crippen molar-refractivity contribution in [2.24, 2.45) is 5.10 Å². The number of nitrogens with zero attached hydrogens (tertiary/aromatic N) is 2. The number of amides is 2. The summed E-state index contributed by atoms with van der Waals surface area (Å²) in [7, 11) is 0. The zero-order chi connectivity index (χ0) is 23.5. The number of hydrazone groups is 1. The zero-order valence-electron chi connectivity index (χ0n) is 17.6. The van der Waals surface area contributed by atoms with Gasteiger partial charge in [0.05, 0.1) is 23.1 Å². The molecule has 0 fully saturated rings. The summed E-state index contributed by atoms with van der Waals surface area (Å²) < 4.78 is 5.94. The van der Waals surface area contributed by atoms with E-state index >= 15 is 0 Å². The molecular formula is C25H21BrN4O3. The second-order valence-electron chi connectivity index (χ2n) is 6.94. The van der Waals surface area contributed by atoms with Crippen LogP contribution in [0.15, 0.2) is 88.4 Å². The number of nitrogens with one attached hydrogen (secondary N) is 2.